The monoisotopic (exact) mass is 527 g/mol. The Morgan fingerprint density at radius 1 is 1.11 bits per heavy atom. The number of aromatic amines is 1. The van der Waals surface area contributed by atoms with Crippen LogP contribution in [0, 0.1) is 18.2 Å². The fourth-order valence-electron chi connectivity index (χ4n) is 3.27. The molecule has 0 aliphatic heterocycles. The molecule has 1 aromatic carbocycles. The number of carbonyl (C=O) groups excluding carboxylic acids is 2. The second kappa shape index (κ2) is 10.2. The minimum atomic E-state index is -4.73. The van der Waals surface area contributed by atoms with Gasteiger partial charge in [-0.1, -0.05) is 20.8 Å². The molecule has 3 aromatic rings. The molecule has 0 atom stereocenters. The van der Waals surface area contributed by atoms with Gasteiger partial charge in [-0.25, -0.2) is 18.2 Å². The van der Waals surface area contributed by atoms with Gasteiger partial charge < -0.3 is 10.3 Å². The normalized spacial score (nSPS) is 12.1. The second-order valence-electron chi connectivity index (χ2n) is 9.20. The standard InChI is InChI=1S/C24H23F6N5O2/c1-11-17(14-6-5-13(8-16(14)25)24(28,29)30)34-22(33-11)35-20(36)15-7-12(9-31-18(15)19(26)27)10-32-21(37)23(2,3)4/h5-9,19H,10H2,1-4H3,(H,32,37)(H2,33,34,35,36). The first-order chi connectivity index (χ1) is 17.1. The zero-order valence-corrected chi connectivity index (χ0v) is 20.1. The molecule has 0 radical (unpaired) electrons. The van der Waals surface area contributed by atoms with Crippen LogP contribution >= 0.6 is 0 Å². The van der Waals surface area contributed by atoms with Crippen molar-refractivity contribution in [2.75, 3.05) is 5.32 Å². The minimum Gasteiger partial charge on any atom is -0.352 e. The van der Waals surface area contributed by atoms with Gasteiger partial charge in [0.25, 0.3) is 12.3 Å². The van der Waals surface area contributed by atoms with Gasteiger partial charge in [0.1, 0.15) is 11.5 Å². The summed E-state index contributed by atoms with van der Waals surface area (Å²) in [6.45, 7) is 6.42. The van der Waals surface area contributed by atoms with Crippen molar-refractivity contribution in [1.82, 2.24) is 20.3 Å². The summed E-state index contributed by atoms with van der Waals surface area (Å²) >= 11 is 0. The maximum absolute atomic E-state index is 14.4. The van der Waals surface area contributed by atoms with Crippen LogP contribution in [-0.2, 0) is 17.5 Å². The third-order valence-electron chi connectivity index (χ3n) is 5.24. The van der Waals surface area contributed by atoms with E-state index in [9.17, 15) is 35.9 Å². The number of nitrogens with zero attached hydrogens (tertiary/aromatic N) is 2. The smallest absolute Gasteiger partial charge is 0.352 e. The average Bonchev–Trinajstić information content (AvgIpc) is 3.15. The molecule has 0 aliphatic rings. The van der Waals surface area contributed by atoms with Gasteiger partial charge >= 0.3 is 6.18 Å². The van der Waals surface area contributed by atoms with E-state index < -0.39 is 46.6 Å². The molecule has 37 heavy (non-hydrogen) atoms. The molecule has 0 aliphatic carbocycles. The number of rotatable bonds is 6. The topological polar surface area (TPSA) is 99.8 Å². The summed E-state index contributed by atoms with van der Waals surface area (Å²) in [5.41, 5.74) is -2.97. The number of aryl methyl sites for hydroxylation is 1. The van der Waals surface area contributed by atoms with Gasteiger partial charge in [-0.05, 0) is 36.8 Å². The molecule has 0 saturated carbocycles. The van der Waals surface area contributed by atoms with Crippen LogP contribution in [0.1, 0.15) is 60.1 Å². The molecule has 3 N–H and O–H groups in total. The summed E-state index contributed by atoms with van der Waals surface area (Å²) in [7, 11) is 0. The van der Waals surface area contributed by atoms with E-state index in [0.717, 1.165) is 18.3 Å². The molecule has 3 rings (SSSR count). The maximum Gasteiger partial charge on any atom is 0.416 e. The Hall–Kier alpha value is -3.90. The Labute approximate surface area is 207 Å². The summed E-state index contributed by atoms with van der Waals surface area (Å²) in [5.74, 6) is -2.73. The second-order valence-corrected chi connectivity index (χ2v) is 9.20. The fraction of sp³-hybridized carbons (Fsp3) is 0.333. The third kappa shape index (κ3) is 6.46. The summed E-state index contributed by atoms with van der Waals surface area (Å²) in [6.07, 6.45) is -6.71. The first-order valence-corrected chi connectivity index (χ1v) is 10.9. The number of alkyl halides is 5. The predicted molar refractivity (Wildman–Crippen MR) is 122 cm³/mol. The zero-order chi connectivity index (χ0) is 27.7. The molecule has 198 valence electrons. The Kier molecular flexibility index (Phi) is 7.65. The van der Waals surface area contributed by atoms with Crippen LogP contribution in [0.15, 0.2) is 30.5 Å². The molecule has 7 nitrogen and oxygen atoms in total. The third-order valence-corrected chi connectivity index (χ3v) is 5.24. The van der Waals surface area contributed by atoms with Crippen molar-refractivity contribution in [2.24, 2.45) is 5.41 Å². The Morgan fingerprint density at radius 3 is 2.35 bits per heavy atom. The SMILES string of the molecule is Cc1nc(NC(=O)c2cc(CNC(=O)C(C)(C)C)cnc2C(F)F)[nH]c1-c1ccc(C(F)(F)F)cc1F. The van der Waals surface area contributed by atoms with Crippen LogP contribution < -0.4 is 10.6 Å². The highest BCUT2D eigenvalue weighted by Crippen LogP contribution is 2.33. The number of benzene rings is 1. The lowest BCUT2D eigenvalue weighted by molar-refractivity contribution is -0.137. The molecule has 2 amide bonds. The molecule has 13 heteroatoms. The molecule has 0 bridgehead atoms. The van der Waals surface area contributed by atoms with Crippen molar-refractivity contribution < 1.29 is 35.9 Å². The summed E-state index contributed by atoms with van der Waals surface area (Å²) in [4.78, 5) is 35.2. The Bertz CT molecular complexity index is 1330. The van der Waals surface area contributed by atoms with Crippen LogP contribution in [0.2, 0.25) is 0 Å². The van der Waals surface area contributed by atoms with Crippen LogP contribution in [0.25, 0.3) is 11.3 Å². The summed E-state index contributed by atoms with van der Waals surface area (Å²) in [5, 5.41) is 4.92. The zero-order valence-electron chi connectivity index (χ0n) is 20.1. The van der Waals surface area contributed by atoms with Crippen LogP contribution in [0.4, 0.5) is 32.3 Å². The highest BCUT2D eigenvalue weighted by molar-refractivity contribution is 6.04. The summed E-state index contributed by atoms with van der Waals surface area (Å²) < 4.78 is 80.0. The number of hydrogen-bond acceptors (Lipinski definition) is 4. The van der Waals surface area contributed by atoms with E-state index in [1.54, 1.807) is 20.8 Å². The van der Waals surface area contributed by atoms with E-state index in [1.807, 2.05) is 0 Å². The van der Waals surface area contributed by atoms with Crippen LogP contribution in [0.3, 0.4) is 0 Å². The molecular formula is C24H23F6N5O2. The average molecular weight is 527 g/mol. The van der Waals surface area contributed by atoms with E-state index >= 15 is 0 Å². The van der Waals surface area contributed by atoms with Gasteiger partial charge in [0.15, 0.2) is 0 Å². The number of anilines is 1. The Balaban J connectivity index is 1.86. The van der Waals surface area contributed by atoms with Gasteiger partial charge in [-0.2, -0.15) is 13.2 Å². The van der Waals surface area contributed by atoms with Gasteiger partial charge in [-0.15, -0.1) is 0 Å². The summed E-state index contributed by atoms with van der Waals surface area (Å²) in [6, 6.07) is 3.09. The molecule has 0 unspecified atom stereocenters. The molecule has 0 spiro atoms. The lowest BCUT2D eigenvalue weighted by Crippen LogP contribution is -2.34. The predicted octanol–water partition coefficient (Wildman–Crippen LogP) is 5.79. The molecule has 0 saturated heterocycles. The largest absolute Gasteiger partial charge is 0.416 e. The number of aromatic nitrogens is 3. The number of H-pyrrole nitrogens is 1. The lowest BCUT2D eigenvalue weighted by Gasteiger charge is -2.18. The van der Waals surface area contributed by atoms with Crippen molar-refractivity contribution in [3.63, 3.8) is 0 Å². The number of amides is 2. The lowest BCUT2D eigenvalue weighted by atomic mass is 9.95. The highest BCUT2D eigenvalue weighted by Gasteiger charge is 2.31. The minimum absolute atomic E-state index is 0.00706. The number of hydrogen-bond donors (Lipinski definition) is 3. The highest BCUT2D eigenvalue weighted by atomic mass is 19.4. The van der Waals surface area contributed by atoms with E-state index in [4.69, 9.17) is 0 Å². The quantitative estimate of drug-likeness (QED) is 0.354. The number of imidazole rings is 1. The number of carbonyl (C=O) groups is 2. The van der Waals surface area contributed by atoms with Gasteiger partial charge in [0, 0.05) is 23.7 Å². The molecule has 2 aromatic heterocycles. The fourth-order valence-corrected chi connectivity index (χ4v) is 3.27. The molecular weight excluding hydrogens is 504 g/mol. The first kappa shape index (κ1) is 27.7. The van der Waals surface area contributed by atoms with Gasteiger partial charge in [0.05, 0.1) is 22.5 Å². The van der Waals surface area contributed by atoms with Gasteiger partial charge in [0.2, 0.25) is 11.9 Å². The van der Waals surface area contributed by atoms with E-state index in [2.05, 4.69) is 25.6 Å². The van der Waals surface area contributed by atoms with Crippen LogP contribution in [0.5, 0.6) is 0 Å². The van der Waals surface area contributed by atoms with Crippen molar-refractivity contribution >= 4 is 17.8 Å². The number of nitrogens with one attached hydrogen (secondary N) is 3. The van der Waals surface area contributed by atoms with Crippen molar-refractivity contribution in [1.29, 1.82) is 0 Å². The van der Waals surface area contributed by atoms with Crippen LogP contribution in [-0.4, -0.2) is 26.8 Å². The number of pyridine rings is 1. The van der Waals surface area contributed by atoms with Crippen molar-refractivity contribution in [2.45, 2.75) is 46.8 Å². The maximum atomic E-state index is 14.4. The molecule has 0 fully saturated rings. The van der Waals surface area contributed by atoms with Crippen molar-refractivity contribution in [3.05, 3.63) is 64.4 Å². The first-order valence-electron chi connectivity index (χ1n) is 10.9. The number of halogens is 6. The van der Waals surface area contributed by atoms with E-state index in [-0.39, 0.29) is 40.9 Å². The van der Waals surface area contributed by atoms with Gasteiger partial charge in [-0.3, -0.25) is 19.9 Å². The van der Waals surface area contributed by atoms with Crippen molar-refractivity contribution in [3.8, 4) is 11.3 Å². The Morgan fingerprint density at radius 2 is 1.78 bits per heavy atom. The van der Waals surface area contributed by atoms with E-state index in [0.29, 0.717) is 12.1 Å². The van der Waals surface area contributed by atoms with E-state index in [1.165, 1.54) is 6.92 Å². The molecule has 2 heterocycles.